The summed E-state index contributed by atoms with van der Waals surface area (Å²) < 4.78 is 10.2. The second kappa shape index (κ2) is 6.75. The highest BCUT2D eigenvalue weighted by molar-refractivity contribution is 5.87. The number of hydrogen-bond donors (Lipinski definition) is 2. The number of likely N-dealkylation sites (N-methyl/N-ethyl adjacent to an activating group) is 1. The number of benzene rings is 1. The number of rotatable bonds is 6. The summed E-state index contributed by atoms with van der Waals surface area (Å²) in [7, 11) is 4.94. The van der Waals surface area contributed by atoms with Gasteiger partial charge in [-0.2, -0.15) is 0 Å². The number of aromatic hydroxyl groups is 1. The van der Waals surface area contributed by atoms with Crippen LogP contribution in [0.1, 0.15) is 5.56 Å². The first-order valence-corrected chi connectivity index (χ1v) is 5.32. The van der Waals surface area contributed by atoms with Crippen LogP contribution in [-0.4, -0.2) is 45.7 Å². The maximum Gasteiger partial charge on any atom is 0.135 e. The molecule has 0 aliphatic rings. The lowest BCUT2D eigenvalue weighted by molar-refractivity contribution is 0.384. The van der Waals surface area contributed by atoms with Crippen molar-refractivity contribution in [2.45, 2.75) is 0 Å². The van der Waals surface area contributed by atoms with Crippen molar-refractivity contribution in [2.75, 3.05) is 34.4 Å². The molecule has 0 spiro atoms. The van der Waals surface area contributed by atoms with Gasteiger partial charge in [-0.15, -0.1) is 0 Å². The van der Waals surface area contributed by atoms with Crippen molar-refractivity contribution in [3.05, 3.63) is 17.7 Å². The van der Waals surface area contributed by atoms with Crippen LogP contribution in [0.25, 0.3) is 0 Å². The molecule has 0 radical (unpaired) electrons. The lowest BCUT2D eigenvalue weighted by Crippen LogP contribution is -2.10. The van der Waals surface area contributed by atoms with E-state index in [1.807, 2.05) is 7.05 Å². The SMILES string of the molecule is CNCCN=Cc1c(O)cc(OC)cc1OC. The molecule has 0 atom stereocenters. The molecule has 2 N–H and O–H groups in total. The molecule has 1 rings (SSSR count). The maximum absolute atomic E-state index is 9.82. The summed E-state index contributed by atoms with van der Waals surface area (Å²) in [5.41, 5.74) is 0.560. The number of nitrogens with zero attached hydrogens (tertiary/aromatic N) is 1. The number of phenols is 1. The molecule has 0 heterocycles. The monoisotopic (exact) mass is 238 g/mol. The second-order valence-electron chi connectivity index (χ2n) is 3.40. The summed E-state index contributed by atoms with van der Waals surface area (Å²) in [6.45, 7) is 1.43. The molecule has 0 fully saturated rings. The highest BCUT2D eigenvalue weighted by Crippen LogP contribution is 2.31. The fraction of sp³-hybridized carbons (Fsp3) is 0.417. The number of hydrogen-bond acceptors (Lipinski definition) is 5. The number of methoxy groups -OCH3 is 2. The summed E-state index contributed by atoms with van der Waals surface area (Å²) >= 11 is 0. The molecule has 94 valence electrons. The van der Waals surface area contributed by atoms with E-state index >= 15 is 0 Å². The molecule has 1 aromatic carbocycles. The van der Waals surface area contributed by atoms with Crippen molar-refractivity contribution >= 4 is 6.21 Å². The maximum atomic E-state index is 9.82. The Morgan fingerprint density at radius 1 is 1.35 bits per heavy atom. The van der Waals surface area contributed by atoms with Gasteiger partial charge in [0.25, 0.3) is 0 Å². The topological polar surface area (TPSA) is 63.1 Å². The second-order valence-corrected chi connectivity index (χ2v) is 3.40. The predicted molar refractivity (Wildman–Crippen MR) is 67.6 cm³/mol. The zero-order valence-corrected chi connectivity index (χ0v) is 10.4. The lowest BCUT2D eigenvalue weighted by atomic mass is 10.2. The highest BCUT2D eigenvalue weighted by Gasteiger charge is 2.09. The van der Waals surface area contributed by atoms with Gasteiger partial charge in [-0.3, -0.25) is 4.99 Å². The Kier molecular flexibility index (Phi) is 5.29. The van der Waals surface area contributed by atoms with Crippen molar-refractivity contribution in [1.82, 2.24) is 5.32 Å². The van der Waals surface area contributed by atoms with E-state index < -0.39 is 0 Å². The summed E-state index contributed by atoms with van der Waals surface area (Å²) in [4.78, 5) is 4.19. The van der Waals surface area contributed by atoms with Gasteiger partial charge >= 0.3 is 0 Å². The molecule has 0 aromatic heterocycles. The van der Waals surface area contributed by atoms with Crippen molar-refractivity contribution < 1.29 is 14.6 Å². The van der Waals surface area contributed by atoms with Crippen molar-refractivity contribution in [2.24, 2.45) is 4.99 Å². The van der Waals surface area contributed by atoms with E-state index in [9.17, 15) is 5.11 Å². The van der Waals surface area contributed by atoms with Gasteiger partial charge in [0.1, 0.15) is 17.2 Å². The van der Waals surface area contributed by atoms with E-state index in [-0.39, 0.29) is 5.75 Å². The van der Waals surface area contributed by atoms with Crippen LogP contribution in [0.2, 0.25) is 0 Å². The summed E-state index contributed by atoms with van der Waals surface area (Å²) in [5.74, 6) is 1.18. The van der Waals surface area contributed by atoms with Crippen LogP contribution in [0.4, 0.5) is 0 Å². The molecular formula is C12H18N2O3. The smallest absolute Gasteiger partial charge is 0.135 e. The summed E-state index contributed by atoms with van der Waals surface area (Å²) in [5, 5.41) is 12.8. The van der Waals surface area contributed by atoms with E-state index in [2.05, 4.69) is 10.3 Å². The molecule has 0 saturated heterocycles. The standard InChI is InChI=1S/C12H18N2O3/c1-13-4-5-14-8-10-11(15)6-9(16-2)7-12(10)17-3/h6-8,13,15H,4-5H2,1-3H3. The molecule has 5 heteroatoms. The largest absolute Gasteiger partial charge is 0.507 e. The van der Waals surface area contributed by atoms with Crippen molar-refractivity contribution in [1.29, 1.82) is 0 Å². The van der Waals surface area contributed by atoms with E-state index in [1.54, 1.807) is 19.4 Å². The van der Waals surface area contributed by atoms with Gasteiger partial charge in [-0.1, -0.05) is 0 Å². The normalized spacial score (nSPS) is 10.8. The Balaban J connectivity index is 2.93. The van der Waals surface area contributed by atoms with Gasteiger partial charge in [0.05, 0.1) is 26.3 Å². The Morgan fingerprint density at radius 3 is 2.71 bits per heavy atom. The minimum Gasteiger partial charge on any atom is -0.507 e. The van der Waals surface area contributed by atoms with Crippen LogP contribution >= 0.6 is 0 Å². The number of phenolic OH excluding ortho intramolecular Hbond substituents is 1. The third kappa shape index (κ3) is 3.64. The lowest BCUT2D eigenvalue weighted by Gasteiger charge is -2.09. The van der Waals surface area contributed by atoms with Crippen LogP contribution in [0.3, 0.4) is 0 Å². The first-order chi connectivity index (χ1) is 8.22. The third-order valence-electron chi connectivity index (χ3n) is 2.26. The molecule has 0 unspecified atom stereocenters. The Morgan fingerprint density at radius 2 is 2.12 bits per heavy atom. The zero-order valence-electron chi connectivity index (χ0n) is 10.4. The fourth-order valence-electron chi connectivity index (χ4n) is 1.34. The van der Waals surface area contributed by atoms with E-state index in [0.717, 1.165) is 6.54 Å². The number of nitrogens with one attached hydrogen (secondary N) is 1. The van der Waals surface area contributed by atoms with Crippen molar-refractivity contribution in [3.63, 3.8) is 0 Å². The Hall–Kier alpha value is -1.75. The first kappa shape index (κ1) is 13.3. The van der Waals surface area contributed by atoms with E-state index in [4.69, 9.17) is 9.47 Å². The Bertz CT molecular complexity index is 392. The van der Waals surface area contributed by atoms with E-state index in [1.165, 1.54) is 13.2 Å². The zero-order chi connectivity index (χ0) is 12.7. The van der Waals surface area contributed by atoms with Crippen LogP contribution in [-0.2, 0) is 0 Å². The van der Waals surface area contributed by atoms with E-state index in [0.29, 0.717) is 23.6 Å². The van der Waals surface area contributed by atoms with Gasteiger partial charge in [-0.25, -0.2) is 0 Å². The van der Waals surface area contributed by atoms with Crippen LogP contribution in [0, 0.1) is 0 Å². The summed E-state index contributed by atoms with van der Waals surface area (Å²) in [6, 6.07) is 3.24. The highest BCUT2D eigenvalue weighted by atomic mass is 16.5. The Labute approximate surface area is 101 Å². The molecular weight excluding hydrogens is 220 g/mol. The predicted octanol–water partition coefficient (Wildman–Crippen LogP) is 1.05. The number of ether oxygens (including phenoxy) is 2. The molecule has 17 heavy (non-hydrogen) atoms. The molecule has 0 saturated carbocycles. The minimum absolute atomic E-state index is 0.0920. The van der Waals surface area contributed by atoms with Gasteiger partial charge in [0.2, 0.25) is 0 Å². The minimum atomic E-state index is 0.0920. The first-order valence-electron chi connectivity index (χ1n) is 5.32. The third-order valence-corrected chi connectivity index (χ3v) is 2.26. The molecule has 5 nitrogen and oxygen atoms in total. The summed E-state index contributed by atoms with van der Waals surface area (Å²) in [6.07, 6.45) is 1.60. The molecule has 0 bridgehead atoms. The van der Waals surface area contributed by atoms with Gasteiger partial charge in [0.15, 0.2) is 0 Å². The quantitative estimate of drug-likeness (QED) is 0.574. The van der Waals surface area contributed by atoms with Gasteiger partial charge in [0, 0.05) is 24.9 Å². The fourth-order valence-corrected chi connectivity index (χ4v) is 1.34. The van der Waals surface area contributed by atoms with Gasteiger partial charge < -0.3 is 19.9 Å². The average molecular weight is 238 g/mol. The van der Waals surface area contributed by atoms with Crippen LogP contribution in [0.15, 0.2) is 17.1 Å². The molecule has 0 amide bonds. The van der Waals surface area contributed by atoms with Crippen LogP contribution in [0.5, 0.6) is 17.2 Å². The van der Waals surface area contributed by atoms with Crippen LogP contribution < -0.4 is 14.8 Å². The molecule has 1 aromatic rings. The molecule has 0 aliphatic carbocycles. The number of aliphatic imine (C=N–C) groups is 1. The van der Waals surface area contributed by atoms with Crippen molar-refractivity contribution in [3.8, 4) is 17.2 Å². The average Bonchev–Trinajstić information content (AvgIpc) is 2.35. The molecule has 0 aliphatic heterocycles. The van der Waals surface area contributed by atoms with Gasteiger partial charge in [-0.05, 0) is 7.05 Å².